The first kappa shape index (κ1) is 12.3. The van der Waals surface area contributed by atoms with E-state index in [0.29, 0.717) is 5.92 Å². The van der Waals surface area contributed by atoms with E-state index in [4.69, 9.17) is 0 Å². The van der Waals surface area contributed by atoms with Gasteiger partial charge in [-0.15, -0.1) is 10.2 Å². The standard InChI is InChI=1S/C13H22N4/c1-10(2)5-6-16-7-8-17-12(9-16)14-15-13(17)11(3)4/h5,11H,6-9H2,1-4H3. The molecule has 0 spiro atoms. The van der Waals surface area contributed by atoms with E-state index in [1.165, 1.54) is 5.57 Å². The van der Waals surface area contributed by atoms with Gasteiger partial charge in [0.15, 0.2) is 0 Å². The number of fused-ring (bicyclic) bond motifs is 1. The maximum absolute atomic E-state index is 4.31. The maximum atomic E-state index is 4.31. The summed E-state index contributed by atoms with van der Waals surface area (Å²) in [5.41, 5.74) is 1.37. The lowest BCUT2D eigenvalue weighted by atomic mass is 10.2. The first-order valence-corrected chi connectivity index (χ1v) is 6.35. The van der Waals surface area contributed by atoms with E-state index in [-0.39, 0.29) is 0 Å². The van der Waals surface area contributed by atoms with Gasteiger partial charge >= 0.3 is 0 Å². The van der Waals surface area contributed by atoms with Gasteiger partial charge in [0.05, 0.1) is 6.54 Å². The highest BCUT2D eigenvalue weighted by Crippen LogP contribution is 2.18. The molecule has 94 valence electrons. The van der Waals surface area contributed by atoms with Gasteiger partial charge < -0.3 is 4.57 Å². The number of hydrogen-bond donors (Lipinski definition) is 0. The van der Waals surface area contributed by atoms with E-state index >= 15 is 0 Å². The van der Waals surface area contributed by atoms with Crippen molar-refractivity contribution in [3.05, 3.63) is 23.3 Å². The summed E-state index contributed by atoms with van der Waals surface area (Å²) in [6.07, 6.45) is 2.27. The zero-order chi connectivity index (χ0) is 12.4. The molecule has 2 rings (SSSR count). The van der Waals surface area contributed by atoms with Crippen LogP contribution in [0.15, 0.2) is 11.6 Å². The zero-order valence-corrected chi connectivity index (χ0v) is 11.3. The summed E-state index contributed by atoms with van der Waals surface area (Å²) in [6, 6.07) is 0. The Bertz CT molecular complexity index is 413. The third-order valence-electron chi connectivity index (χ3n) is 3.14. The molecule has 0 atom stereocenters. The molecule has 1 aromatic rings. The topological polar surface area (TPSA) is 34.0 Å². The largest absolute Gasteiger partial charge is 0.312 e. The Labute approximate surface area is 103 Å². The summed E-state index contributed by atoms with van der Waals surface area (Å²) < 4.78 is 2.28. The average molecular weight is 234 g/mol. The number of hydrogen-bond acceptors (Lipinski definition) is 3. The van der Waals surface area contributed by atoms with Crippen LogP contribution in [0.25, 0.3) is 0 Å². The van der Waals surface area contributed by atoms with Gasteiger partial charge in [-0.25, -0.2) is 0 Å². The molecule has 0 aromatic carbocycles. The van der Waals surface area contributed by atoms with Crippen molar-refractivity contribution in [1.82, 2.24) is 19.7 Å². The summed E-state index contributed by atoms with van der Waals surface area (Å²) >= 11 is 0. The van der Waals surface area contributed by atoms with Crippen LogP contribution in [0.4, 0.5) is 0 Å². The quantitative estimate of drug-likeness (QED) is 0.752. The Morgan fingerprint density at radius 2 is 2.06 bits per heavy atom. The first-order valence-electron chi connectivity index (χ1n) is 6.35. The van der Waals surface area contributed by atoms with Crippen LogP contribution < -0.4 is 0 Å². The fraction of sp³-hybridized carbons (Fsp3) is 0.692. The van der Waals surface area contributed by atoms with Gasteiger partial charge in [0.1, 0.15) is 11.6 Å². The molecule has 0 N–H and O–H groups in total. The predicted octanol–water partition coefficient (Wildman–Crippen LogP) is 2.18. The molecule has 0 unspecified atom stereocenters. The highest BCUT2D eigenvalue weighted by Gasteiger charge is 2.21. The van der Waals surface area contributed by atoms with Crippen molar-refractivity contribution in [3.63, 3.8) is 0 Å². The van der Waals surface area contributed by atoms with E-state index in [1.54, 1.807) is 0 Å². The molecule has 0 saturated carbocycles. The Hall–Kier alpha value is -1.16. The molecular weight excluding hydrogens is 212 g/mol. The van der Waals surface area contributed by atoms with Crippen LogP contribution >= 0.6 is 0 Å². The Morgan fingerprint density at radius 1 is 1.29 bits per heavy atom. The molecule has 0 fully saturated rings. The highest BCUT2D eigenvalue weighted by atomic mass is 15.3. The van der Waals surface area contributed by atoms with Crippen molar-refractivity contribution in [2.75, 3.05) is 13.1 Å². The fourth-order valence-electron chi connectivity index (χ4n) is 2.12. The van der Waals surface area contributed by atoms with E-state index < -0.39 is 0 Å². The molecule has 0 bridgehead atoms. The summed E-state index contributed by atoms with van der Waals surface area (Å²) in [5.74, 6) is 2.70. The van der Waals surface area contributed by atoms with Crippen molar-refractivity contribution in [2.45, 2.75) is 46.7 Å². The van der Waals surface area contributed by atoms with Crippen molar-refractivity contribution in [1.29, 1.82) is 0 Å². The molecule has 17 heavy (non-hydrogen) atoms. The molecule has 1 aliphatic rings. The van der Waals surface area contributed by atoms with Crippen molar-refractivity contribution < 1.29 is 0 Å². The van der Waals surface area contributed by atoms with E-state index in [9.17, 15) is 0 Å². The van der Waals surface area contributed by atoms with Crippen LogP contribution in [-0.4, -0.2) is 32.8 Å². The predicted molar refractivity (Wildman–Crippen MR) is 68.8 cm³/mol. The van der Waals surface area contributed by atoms with E-state index in [0.717, 1.165) is 37.8 Å². The second kappa shape index (κ2) is 5.00. The van der Waals surface area contributed by atoms with Crippen molar-refractivity contribution >= 4 is 0 Å². The summed E-state index contributed by atoms with van der Waals surface area (Å²) in [7, 11) is 0. The van der Waals surface area contributed by atoms with Crippen LogP contribution in [0.3, 0.4) is 0 Å². The number of nitrogens with zero attached hydrogens (tertiary/aromatic N) is 4. The minimum atomic E-state index is 0.459. The highest BCUT2D eigenvalue weighted by molar-refractivity contribution is 5.04. The monoisotopic (exact) mass is 234 g/mol. The van der Waals surface area contributed by atoms with Crippen LogP contribution in [0.2, 0.25) is 0 Å². The zero-order valence-electron chi connectivity index (χ0n) is 11.3. The smallest absolute Gasteiger partial charge is 0.147 e. The van der Waals surface area contributed by atoms with Gasteiger partial charge in [0.2, 0.25) is 0 Å². The average Bonchev–Trinajstić information content (AvgIpc) is 2.69. The number of aromatic nitrogens is 3. The number of allylic oxidation sites excluding steroid dienone is 1. The molecule has 4 nitrogen and oxygen atoms in total. The molecular formula is C13H22N4. The second-order valence-corrected chi connectivity index (χ2v) is 5.30. The van der Waals surface area contributed by atoms with Crippen LogP contribution in [0.5, 0.6) is 0 Å². The van der Waals surface area contributed by atoms with Gasteiger partial charge in [0, 0.05) is 25.6 Å². The Morgan fingerprint density at radius 3 is 2.71 bits per heavy atom. The Balaban J connectivity index is 2.07. The normalized spacial score (nSPS) is 16.1. The fourth-order valence-corrected chi connectivity index (χ4v) is 2.12. The third kappa shape index (κ3) is 2.75. The van der Waals surface area contributed by atoms with Gasteiger partial charge in [-0.2, -0.15) is 0 Å². The third-order valence-corrected chi connectivity index (χ3v) is 3.14. The van der Waals surface area contributed by atoms with Gasteiger partial charge in [0.25, 0.3) is 0 Å². The molecule has 2 heterocycles. The minimum absolute atomic E-state index is 0.459. The lowest BCUT2D eigenvalue weighted by Gasteiger charge is -2.27. The summed E-state index contributed by atoms with van der Waals surface area (Å²) in [4.78, 5) is 2.42. The SMILES string of the molecule is CC(C)=CCN1CCn2c(nnc2C(C)C)C1. The Kier molecular flexibility index (Phi) is 3.62. The molecule has 0 aliphatic carbocycles. The lowest BCUT2D eigenvalue weighted by molar-refractivity contribution is 0.236. The van der Waals surface area contributed by atoms with Gasteiger partial charge in [-0.1, -0.05) is 25.5 Å². The van der Waals surface area contributed by atoms with E-state index in [1.807, 2.05) is 0 Å². The lowest BCUT2D eigenvalue weighted by Crippen LogP contribution is -2.34. The molecule has 0 radical (unpaired) electrons. The van der Waals surface area contributed by atoms with Gasteiger partial charge in [-0.05, 0) is 13.8 Å². The second-order valence-electron chi connectivity index (χ2n) is 5.30. The molecule has 1 aliphatic heterocycles. The summed E-state index contributed by atoms with van der Waals surface area (Å²) in [6.45, 7) is 12.7. The van der Waals surface area contributed by atoms with Crippen molar-refractivity contribution in [3.8, 4) is 0 Å². The van der Waals surface area contributed by atoms with Gasteiger partial charge in [-0.3, -0.25) is 4.90 Å². The van der Waals surface area contributed by atoms with Crippen molar-refractivity contribution in [2.24, 2.45) is 0 Å². The first-order chi connectivity index (χ1) is 8.08. The van der Waals surface area contributed by atoms with Crippen LogP contribution in [0, 0.1) is 0 Å². The van der Waals surface area contributed by atoms with E-state index in [2.05, 4.69) is 53.4 Å². The summed E-state index contributed by atoms with van der Waals surface area (Å²) in [5, 5.41) is 8.60. The number of rotatable bonds is 3. The van der Waals surface area contributed by atoms with Crippen LogP contribution in [0.1, 0.15) is 45.3 Å². The molecule has 0 saturated heterocycles. The molecule has 0 amide bonds. The molecule has 1 aromatic heterocycles. The maximum Gasteiger partial charge on any atom is 0.147 e. The molecule has 4 heteroatoms. The minimum Gasteiger partial charge on any atom is -0.312 e. The van der Waals surface area contributed by atoms with Crippen LogP contribution in [-0.2, 0) is 13.1 Å².